The van der Waals surface area contributed by atoms with E-state index in [2.05, 4.69) is 37.8 Å². The third-order valence-electron chi connectivity index (χ3n) is 3.40. The molecule has 1 aliphatic heterocycles. The van der Waals surface area contributed by atoms with Crippen LogP contribution in [0.4, 0.5) is 5.82 Å². The maximum absolute atomic E-state index is 4.13. The number of likely N-dealkylation sites (tertiary alicyclic amines) is 1. The molecule has 0 radical (unpaired) electrons. The highest BCUT2D eigenvalue weighted by Crippen LogP contribution is 2.16. The predicted octanol–water partition coefficient (Wildman–Crippen LogP) is 0.273. The van der Waals surface area contributed by atoms with E-state index in [1.807, 2.05) is 0 Å². The van der Waals surface area contributed by atoms with Crippen molar-refractivity contribution in [3.63, 3.8) is 0 Å². The number of aromatic nitrogens is 5. The van der Waals surface area contributed by atoms with Crippen molar-refractivity contribution >= 4 is 11.5 Å². The van der Waals surface area contributed by atoms with E-state index in [0.717, 1.165) is 18.9 Å². The Labute approximate surface area is 105 Å². The van der Waals surface area contributed by atoms with Gasteiger partial charge in [0.05, 0.1) is 12.4 Å². The van der Waals surface area contributed by atoms with Gasteiger partial charge in [-0.1, -0.05) is 0 Å². The van der Waals surface area contributed by atoms with Crippen LogP contribution in [-0.4, -0.2) is 56.6 Å². The normalized spacial score (nSPS) is 21.3. The van der Waals surface area contributed by atoms with Gasteiger partial charge in [0, 0.05) is 13.1 Å². The molecule has 3 heterocycles. The van der Waals surface area contributed by atoms with Crippen molar-refractivity contribution in [1.82, 2.24) is 29.9 Å². The highest BCUT2D eigenvalue weighted by Gasteiger charge is 2.17. The zero-order chi connectivity index (χ0) is 12.4. The van der Waals surface area contributed by atoms with Gasteiger partial charge in [-0.05, 0) is 42.8 Å². The molecule has 0 saturated carbocycles. The molecule has 1 N–H and O–H groups in total. The molecule has 0 amide bonds. The van der Waals surface area contributed by atoms with Crippen LogP contribution in [-0.2, 0) is 0 Å². The summed E-state index contributed by atoms with van der Waals surface area (Å²) in [5, 5.41) is 14.9. The van der Waals surface area contributed by atoms with E-state index < -0.39 is 0 Å². The van der Waals surface area contributed by atoms with Crippen LogP contribution in [0.15, 0.2) is 12.4 Å². The Morgan fingerprint density at radius 3 is 3.28 bits per heavy atom. The van der Waals surface area contributed by atoms with Gasteiger partial charge in [0.1, 0.15) is 5.82 Å². The van der Waals surface area contributed by atoms with Crippen molar-refractivity contribution in [2.75, 3.05) is 32.0 Å². The smallest absolute Gasteiger partial charge is 0.199 e. The second-order valence-electron chi connectivity index (χ2n) is 4.89. The fraction of sp³-hybridized carbons (Fsp3) is 0.636. The highest BCUT2D eigenvalue weighted by molar-refractivity contribution is 5.43. The van der Waals surface area contributed by atoms with Crippen LogP contribution in [0.2, 0.25) is 0 Å². The Hall–Kier alpha value is -1.76. The molecule has 0 bridgehead atoms. The molecule has 7 heteroatoms. The molecule has 0 aromatic carbocycles. The molecule has 7 nitrogen and oxygen atoms in total. The Morgan fingerprint density at radius 1 is 1.44 bits per heavy atom. The summed E-state index contributed by atoms with van der Waals surface area (Å²) in [5.41, 5.74) is 0.667. The number of nitrogens with one attached hydrogen (secondary N) is 1. The van der Waals surface area contributed by atoms with E-state index in [1.165, 1.54) is 19.4 Å². The summed E-state index contributed by atoms with van der Waals surface area (Å²) < 4.78 is 1.68. The number of anilines is 1. The first-order valence-corrected chi connectivity index (χ1v) is 6.27. The van der Waals surface area contributed by atoms with Crippen LogP contribution in [0.5, 0.6) is 0 Å². The summed E-state index contributed by atoms with van der Waals surface area (Å²) in [5.74, 6) is 1.53. The second kappa shape index (κ2) is 4.85. The minimum absolute atomic E-state index is 0.667. The Bertz CT molecular complexity index is 523. The average molecular weight is 247 g/mol. The summed E-state index contributed by atoms with van der Waals surface area (Å²) in [6, 6.07) is 0. The lowest BCUT2D eigenvalue weighted by Crippen LogP contribution is -2.35. The standard InChI is InChI=1S/C11H17N7/c1-17-4-2-3-9(8-17)5-13-10-6-12-7-11-14-15-16-18(10)11/h6-7,9,13H,2-5,8H2,1H3. The van der Waals surface area contributed by atoms with Crippen molar-refractivity contribution in [2.24, 2.45) is 5.92 Å². The van der Waals surface area contributed by atoms with Crippen LogP contribution in [0, 0.1) is 5.92 Å². The number of nitrogens with zero attached hydrogens (tertiary/aromatic N) is 6. The van der Waals surface area contributed by atoms with Gasteiger partial charge >= 0.3 is 0 Å². The molecule has 2 aromatic heterocycles. The van der Waals surface area contributed by atoms with Gasteiger partial charge in [-0.15, -0.1) is 5.10 Å². The van der Waals surface area contributed by atoms with Crippen LogP contribution < -0.4 is 5.32 Å². The minimum atomic E-state index is 0.667. The van der Waals surface area contributed by atoms with E-state index in [4.69, 9.17) is 0 Å². The van der Waals surface area contributed by atoms with Gasteiger partial charge in [-0.2, -0.15) is 4.52 Å². The molecule has 1 atom stereocenters. The van der Waals surface area contributed by atoms with E-state index >= 15 is 0 Å². The maximum atomic E-state index is 4.13. The first-order valence-electron chi connectivity index (χ1n) is 6.27. The summed E-state index contributed by atoms with van der Waals surface area (Å²) in [6.07, 6.45) is 5.96. The molecular weight excluding hydrogens is 230 g/mol. The first-order chi connectivity index (χ1) is 8.83. The largest absolute Gasteiger partial charge is 0.368 e. The van der Waals surface area contributed by atoms with Crippen LogP contribution >= 0.6 is 0 Å². The average Bonchev–Trinajstić information content (AvgIpc) is 2.85. The van der Waals surface area contributed by atoms with Gasteiger partial charge in [0.2, 0.25) is 0 Å². The molecule has 1 aliphatic rings. The molecule has 0 spiro atoms. The SMILES string of the molecule is CN1CCCC(CNc2cncc3nnnn23)C1. The minimum Gasteiger partial charge on any atom is -0.368 e. The molecule has 0 aliphatic carbocycles. The summed E-state index contributed by atoms with van der Waals surface area (Å²) in [7, 11) is 2.18. The van der Waals surface area contributed by atoms with Crippen molar-refractivity contribution in [3.8, 4) is 0 Å². The van der Waals surface area contributed by atoms with E-state index in [-0.39, 0.29) is 0 Å². The van der Waals surface area contributed by atoms with Crippen LogP contribution in [0.3, 0.4) is 0 Å². The molecule has 1 saturated heterocycles. The monoisotopic (exact) mass is 247 g/mol. The van der Waals surface area contributed by atoms with E-state index in [1.54, 1.807) is 16.9 Å². The number of tetrazole rings is 1. The maximum Gasteiger partial charge on any atom is 0.199 e. The summed E-state index contributed by atoms with van der Waals surface area (Å²) >= 11 is 0. The molecule has 18 heavy (non-hydrogen) atoms. The zero-order valence-corrected chi connectivity index (χ0v) is 10.5. The zero-order valence-electron chi connectivity index (χ0n) is 10.5. The molecule has 3 rings (SSSR count). The van der Waals surface area contributed by atoms with E-state index in [0.29, 0.717) is 11.6 Å². The lowest BCUT2D eigenvalue weighted by molar-refractivity contribution is 0.217. The lowest BCUT2D eigenvalue weighted by Gasteiger charge is -2.29. The second-order valence-corrected chi connectivity index (χ2v) is 4.89. The van der Waals surface area contributed by atoms with Gasteiger partial charge in [-0.3, -0.25) is 4.98 Å². The predicted molar refractivity (Wildman–Crippen MR) is 67.3 cm³/mol. The van der Waals surface area contributed by atoms with Crippen LogP contribution in [0.1, 0.15) is 12.8 Å². The first kappa shape index (κ1) is 11.3. The number of hydrogen-bond donors (Lipinski definition) is 1. The number of piperidine rings is 1. The molecule has 2 aromatic rings. The third kappa shape index (κ3) is 2.26. The van der Waals surface area contributed by atoms with Crippen molar-refractivity contribution < 1.29 is 0 Å². The fourth-order valence-corrected chi connectivity index (χ4v) is 2.48. The summed E-state index contributed by atoms with van der Waals surface area (Å²) in [6.45, 7) is 3.29. The Morgan fingerprint density at radius 2 is 2.39 bits per heavy atom. The third-order valence-corrected chi connectivity index (χ3v) is 3.40. The molecule has 1 fully saturated rings. The molecule has 1 unspecified atom stereocenters. The topological polar surface area (TPSA) is 71.2 Å². The Kier molecular flexibility index (Phi) is 3.06. The van der Waals surface area contributed by atoms with Gasteiger partial charge in [-0.25, -0.2) is 0 Å². The highest BCUT2D eigenvalue weighted by atomic mass is 15.5. The van der Waals surface area contributed by atoms with Gasteiger partial charge in [0.25, 0.3) is 0 Å². The Balaban J connectivity index is 1.67. The van der Waals surface area contributed by atoms with Crippen LogP contribution in [0.25, 0.3) is 5.65 Å². The molecular formula is C11H17N7. The quantitative estimate of drug-likeness (QED) is 0.839. The van der Waals surface area contributed by atoms with Gasteiger partial charge < -0.3 is 10.2 Å². The lowest BCUT2D eigenvalue weighted by atomic mass is 9.98. The van der Waals surface area contributed by atoms with E-state index in [9.17, 15) is 0 Å². The molecule has 96 valence electrons. The van der Waals surface area contributed by atoms with Crippen molar-refractivity contribution in [1.29, 1.82) is 0 Å². The number of hydrogen-bond acceptors (Lipinski definition) is 6. The number of rotatable bonds is 3. The summed E-state index contributed by atoms with van der Waals surface area (Å²) in [4.78, 5) is 6.51. The van der Waals surface area contributed by atoms with Crippen molar-refractivity contribution in [2.45, 2.75) is 12.8 Å². The van der Waals surface area contributed by atoms with Gasteiger partial charge in [0.15, 0.2) is 5.65 Å². The fourth-order valence-electron chi connectivity index (χ4n) is 2.48. The van der Waals surface area contributed by atoms with Crippen molar-refractivity contribution in [3.05, 3.63) is 12.4 Å². The number of fused-ring (bicyclic) bond motifs is 1.